The van der Waals surface area contributed by atoms with Crippen LogP contribution in [0.2, 0.25) is 0 Å². The zero-order chi connectivity index (χ0) is 15.0. The minimum absolute atomic E-state index is 0.0112. The SMILES string of the molecule is CN1CCN(S(=O)(=O)c2ccc(O)c3ncccc23)CC1. The fraction of sp³-hybridized carbons (Fsp3) is 0.357. The molecule has 0 amide bonds. The highest BCUT2D eigenvalue weighted by atomic mass is 32.2. The van der Waals surface area contributed by atoms with E-state index in [2.05, 4.69) is 9.88 Å². The third-order valence-electron chi connectivity index (χ3n) is 3.79. The Morgan fingerprint density at radius 1 is 1.14 bits per heavy atom. The minimum Gasteiger partial charge on any atom is -0.506 e. The molecule has 2 aromatic rings. The zero-order valence-electron chi connectivity index (χ0n) is 11.7. The molecule has 21 heavy (non-hydrogen) atoms. The number of phenols is 1. The normalized spacial score (nSPS) is 18.1. The van der Waals surface area contributed by atoms with Gasteiger partial charge in [-0.1, -0.05) is 0 Å². The summed E-state index contributed by atoms with van der Waals surface area (Å²) in [6.07, 6.45) is 1.54. The van der Waals surface area contributed by atoms with E-state index < -0.39 is 10.0 Å². The fourth-order valence-electron chi connectivity index (χ4n) is 2.52. The molecule has 2 heterocycles. The van der Waals surface area contributed by atoms with Crippen molar-refractivity contribution in [3.05, 3.63) is 30.5 Å². The molecule has 0 radical (unpaired) electrons. The van der Waals surface area contributed by atoms with Crippen LogP contribution in [0.25, 0.3) is 10.9 Å². The largest absolute Gasteiger partial charge is 0.506 e. The number of piperazine rings is 1. The van der Waals surface area contributed by atoms with Crippen molar-refractivity contribution in [2.75, 3.05) is 33.2 Å². The third-order valence-corrected chi connectivity index (χ3v) is 5.75. The number of fused-ring (bicyclic) bond motifs is 1. The Hall–Kier alpha value is -1.70. The molecule has 0 unspecified atom stereocenters. The van der Waals surface area contributed by atoms with Gasteiger partial charge in [0.25, 0.3) is 0 Å². The van der Waals surface area contributed by atoms with E-state index in [4.69, 9.17) is 0 Å². The lowest BCUT2D eigenvalue weighted by Gasteiger charge is -2.31. The molecule has 1 aliphatic rings. The van der Waals surface area contributed by atoms with Crippen LogP contribution in [0.5, 0.6) is 5.75 Å². The summed E-state index contributed by atoms with van der Waals surface area (Å²) in [6.45, 7) is 2.38. The van der Waals surface area contributed by atoms with Crippen LogP contribution in [0, 0.1) is 0 Å². The van der Waals surface area contributed by atoms with Crippen molar-refractivity contribution >= 4 is 20.9 Å². The van der Waals surface area contributed by atoms with Gasteiger partial charge in [-0.3, -0.25) is 4.98 Å². The Labute approximate surface area is 123 Å². The predicted molar refractivity (Wildman–Crippen MR) is 79.7 cm³/mol. The molecular formula is C14H17N3O3S. The maximum Gasteiger partial charge on any atom is 0.243 e. The van der Waals surface area contributed by atoms with Gasteiger partial charge in [0.15, 0.2) is 0 Å². The number of hydrogen-bond acceptors (Lipinski definition) is 5. The van der Waals surface area contributed by atoms with Crippen LogP contribution in [-0.4, -0.2) is 60.9 Å². The first-order chi connectivity index (χ1) is 10.00. The van der Waals surface area contributed by atoms with E-state index in [0.29, 0.717) is 37.1 Å². The first kappa shape index (κ1) is 14.2. The summed E-state index contributed by atoms with van der Waals surface area (Å²) in [5.74, 6) is -0.0112. The van der Waals surface area contributed by atoms with Gasteiger partial charge >= 0.3 is 0 Å². The summed E-state index contributed by atoms with van der Waals surface area (Å²) in [5.41, 5.74) is 0.313. The molecule has 0 spiro atoms. The van der Waals surface area contributed by atoms with E-state index >= 15 is 0 Å². The molecule has 1 fully saturated rings. The second kappa shape index (κ2) is 5.25. The predicted octanol–water partition coefficient (Wildman–Crippen LogP) is 0.876. The number of benzene rings is 1. The maximum atomic E-state index is 12.8. The van der Waals surface area contributed by atoms with Crippen molar-refractivity contribution in [1.29, 1.82) is 0 Å². The molecule has 1 N–H and O–H groups in total. The number of rotatable bonds is 2. The average Bonchev–Trinajstić information content (AvgIpc) is 2.48. The summed E-state index contributed by atoms with van der Waals surface area (Å²) in [4.78, 5) is 6.37. The van der Waals surface area contributed by atoms with E-state index in [0.717, 1.165) is 0 Å². The van der Waals surface area contributed by atoms with Gasteiger partial charge in [-0.25, -0.2) is 8.42 Å². The molecule has 0 bridgehead atoms. The number of hydrogen-bond donors (Lipinski definition) is 1. The third kappa shape index (κ3) is 2.48. The Bertz CT molecular complexity index is 768. The highest BCUT2D eigenvalue weighted by Crippen LogP contribution is 2.30. The van der Waals surface area contributed by atoms with Crippen LogP contribution in [-0.2, 0) is 10.0 Å². The van der Waals surface area contributed by atoms with Crippen LogP contribution < -0.4 is 0 Å². The van der Waals surface area contributed by atoms with Crippen molar-refractivity contribution in [2.24, 2.45) is 0 Å². The monoisotopic (exact) mass is 307 g/mol. The van der Waals surface area contributed by atoms with Gasteiger partial charge in [-0.15, -0.1) is 0 Å². The number of likely N-dealkylation sites (N-methyl/N-ethyl adjacent to an activating group) is 1. The first-order valence-corrected chi connectivity index (χ1v) is 8.19. The Kier molecular flexibility index (Phi) is 3.56. The highest BCUT2D eigenvalue weighted by molar-refractivity contribution is 7.89. The first-order valence-electron chi connectivity index (χ1n) is 6.75. The number of aromatic hydroxyl groups is 1. The summed E-state index contributed by atoms with van der Waals surface area (Å²) in [5, 5.41) is 10.3. The average molecular weight is 307 g/mol. The van der Waals surface area contributed by atoms with Gasteiger partial charge in [0.05, 0.1) is 4.90 Å². The van der Waals surface area contributed by atoms with Crippen LogP contribution in [0.3, 0.4) is 0 Å². The molecule has 0 saturated carbocycles. The Morgan fingerprint density at radius 3 is 2.57 bits per heavy atom. The van der Waals surface area contributed by atoms with Gasteiger partial charge in [0, 0.05) is 37.8 Å². The summed E-state index contributed by atoms with van der Waals surface area (Å²) in [7, 11) is -1.60. The second-order valence-electron chi connectivity index (χ2n) is 5.19. The lowest BCUT2D eigenvalue weighted by Crippen LogP contribution is -2.47. The van der Waals surface area contributed by atoms with Crippen molar-refractivity contribution in [3.8, 4) is 5.75 Å². The van der Waals surface area contributed by atoms with Crippen molar-refractivity contribution in [1.82, 2.24) is 14.2 Å². The molecule has 112 valence electrons. The zero-order valence-corrected chi connectivity index (χ0v) is 12.5. The smallest absolute Gasteiger partial charge is 0.243 e. The molecule has 7 heteroatoms. The quantitative estimate of drug-likeness (QED) is 0.891. The molecule has 0 atom stereocenters. The van der Waals surface area contributed by atoms with E-state index in [9.17, 15) is 13.5 Å². The standard InChI is InChI=1S/C14H17N3O3S/c1-16-7-9-17(10-8-16)21(19,20)13-5-4-12(18)14-11(13)3-2-6-15-14/h2-6,18H,7-10H2,1H3. The number of sulfonamides is 1. The number of phenolic OH excluding ortho intramolecular Hbond substituents is 1. The van der Waals surface area contributed by atoms with Gasteiger partial charge in [0.1, 0.15) is 11.3 Å². The number of pyridine rings is 1. The van der Waals surface area contributed by atoms with Gasteiger partial charge < -0.3 is 10.0 Å². The summed E-state index contributed by atoms with van der Waals surface area (Å²) < 4.78 is 27.1. The molecule has 0 aliphatic carbocycles. The van der Waals surface area contributed by atoms with Crippen LogP contribution in [0.15, 0.2) is 35.4 Å². The summed E-state index contributed by atoms with van der Waals surface area (Å²) >= 11 is 0. The molecule has 1 aromatic carbocycles. The fourth-order valence-corrected chi connectivity index (χ4v) is 4.13. The molecule has 1 saturated heterocycles. The lowest BCUT2D eigenvalue weighted by atomic mass is 10.2. The summed E-state index contributed by atoms with van der Waals surface area (Å²) in [6, 6.07) is 6.18. The van der Waals surface area contributed by atoms with Crippen LogP contribution in [0.4, 0.5) is 0 Å². The topological polar surface area (TPSA) is 73.7 Å². The molecular weight excluding hydrogens is 290 g/mol. The van der Waals surface area contributed by atoms with E-state index in [1.165, 1.54) is 22.6 Å². The number of nitrogens with zero attached hydrogens (tertiary/aromatic N) is 3. The van der Waals surface area contributed by atoms with Crippen molar-refractivity contribution in [3.63, 3.8) is 0 Å². The Morgan fingerprint density at radius 2 is 1.86 bits per heavy atom. The van der Waals surface area contributed by atoms with E-state index in [1.54, 1.807) is 12.1 Å². The maximum absolute atomic E-state index is 12.8. The van der Waals surface area contributed by atoms with Gasteiger partial charge in [-0.2, -0.15) is 4.31 Å². The minimum atomic E-state index is -3.57. The molecule has 1 aromatic heterocycles. The molecule has 6 nitrogen and oxygen atoms in total. The van der Waals surface area contributed by atoms with Crippen LogP contribution >= 0.6 is 0 Å². The van der Waals surface area contributed by atoms with E-state index in [-0.39, 0.29) is 10.6 Å². The van der Waals surface area contributed by atoms with E-state index in [1.807, 2.05) is 7.05 Å². The van der Waals surface area contributed by atoms with Gasteiger partial charge in [0.2, 0.25) is 10.0 Å². The molecule has 3 rings (SSSR count). The van der Waals surface area contributed by atoms with Crippen molar-refractivity contribution in [2.45, 2.75) is 4.90 Å². The van der Waals surface area contributed by atoms with Crippen molar-refractivity contribution < 1.29 is 13.5 Å². The molecule has 1 aliphatic heterocycles. The second-order valence-corrected chi connectivity index (χ2v) is 7.10. The van der Waals surface area contributed by atoms with Crippen LogP contribution in [0.1, 0.15) is 0 Å². The number of aromatic nitrogens is 1. The highest BCUT2D eigenvalue weighted by Gasteiger charge is 2.29. The Balaban J connectivity index is 2.09. The lowest BCUT2D eigenvalue weighted by molar-refractivity contribution is 0.222. The van der Waals surface area contributed by atoms with Gasteiger partial charge in [-0.05, 0) is 31.3 Å².